The summed E-state index contributed by atoms with van der Waals surface area (Å²) in [6, 6.07) is 5.99. The second-order valence-corrected chi connectivity index (χ2v) is 7.10. The molecule has 0 unspecified atom stereocenters. The Morgan fingerprint density at radius 3 is 2.48 bits per heavy atom. The summed E-state index contributed by atoms with van der Waals surface area (Å²) in [5, 5.41) is 7.68. The van der Waals surface area contributed by atoms with E-state index < -0.39 is 0 Å². The van der Waals surface area contributed by atoms with Crippen LogP contribution in [0.5, 0.6) is 11.5 Å². The smallest absolute Gasteiger partial charge is 0.191 e. The van der Waals surface area contributed by atoms with Crippen LogP contribution < -0.4 is 20.1 Å². The average molecular weight is 504 g/mol. The molecule has 2 aromatic rings. The van der Waals surface area contributed by atoms with Crippen molar-refractivity contribution in [3.8, 4) is 11.5 Å². The van der Waals surface area contributed by atoms with Gasteiger partial charge in [0, 0.05) is 18.0 Å². The number of aromatic nitrogens is 1. The number of benzene rings is 1. The molecule has 0 bridgehead atoms. The van der Waals surface area contributed by atoms with Crippen molar-refractivity contribution >= 4 is 41.3 Å². The Morgan fingerprint density at radius 2 is 1.89 bits per heavy atom. The predicted molar refractivity (Wildman–Crippen MR) is 123 cm³/mol. The lowest BCUT2D eigenvalue weighted by atomic mass is 10.1. The topological polar surface area (TPSA) is 67.8 Å². The number of ether oxygens (including phenoxy) is 2. The summed E-state index contributed by atoms with van der Waals surface area (Å²) in [7, 11) is 3.29. The van der Waals surface area contributed by atoms with E-state index in [9.17, 15) is 0 Å². The summed E-state index contributed by atoms with van der Waals surface area (Å²) in [4.78, 5) is 10.4. The fourth-order valence-corrected chi connectivity index (χ4v) is 3.32. The van der Waals surface area contributed by atoms with Gasteiger partial charge in [0.1, 0.15) is 5.01 Å². The predicted octanol–water partition coefficient (Wildman–Crippen LogP) is 3.69. The molecule has 0 aliphatic carbocycles. The van der Waals surface area contributed by atoms with E-state index in [0.29, 0.717) is 6.54 Å². The quantitative estimate of drug-likeness (QED) is 0.326. The minimum atomic E-state index is 0. The number of hydrogen-bond acceptors (Lipinski definition) is 5. The SMILES string of the molecule is CCNC(=NCc1nc(C)c(C)s1)NCCc1ccc(OC)c(OC)c1.I. The van der Waals surface area contributed by atoms with Crippen molar-refractivity contribution in [1.82, 2.24) is 15.6 Å². The molecule has 0 fully saturated rings. The van der Waals surface area contributed by atoms with Crippen molar-refractivity contribution in [1.29, 1.82) is 0 Å². The Balaban J connectivity index is 0.00000364. The van der Waals surface area contributed by atoms with Gasteiger partial charge in [-0.1, -0.05) is 6.07 Å². The molecule has 0 saturated heterocycles. The number of guanidine groups is 1. The summed E-state index contributed by atoms with van der Waals surface area (Å²) in [6.07, 6.45) is 0.861. The van der Waals surface area contributed by atoms with Crippen LogP contribution in [-0.2, 0) is 13.0 Å². The molecule has 8 heteroatoms. The van der Waals surface area contributed by atoms with E-state index in [1.165, 1.54) is 10.4 Å². The third-order valence-electron chi connectivity index (χ3n) is 3.94. The van der Waals surface area contributed by atoms with Crippen molar-refractivity contribution in [2.24, 2.45) is 4.99 Å². The van der Waals surface area contributed by atoms with Crippen molar-refractivity contribution in [3.05, 3.63) is 39.3 Å². The van der Waals surface area contributed by atoms with Crippen LogP contribution in [0, 0.1) is 13.8 Å². The number of hydrogen-bond donors (Lipinski definition) is 2. The first-order chi connectivity index (χ1) is 12.6. The highest BCUT2D eigenvalue weighted by Gasteiger charge is 2.06. The van der Waals surface area contributed by atoms with Crippen LogP contribution in [0.3, 0.4) is 0 Å². The van der Waals surface area contributed by atoms with E-state index in [4.69, 9.17) is 9.47 Å². The maximum absolute atomic E-state index is 5.35. The van der Waals surface area contributed by atoms with Gasteiger partial charge in [0.25, 0.3) is 0 Å². The molecule has 0 spiro atoms. The van der Waals surface area contributed by atoms with E-state index in [2.05, 4.69) is 34.5 Å². The normalized spacial score (nSPS) is 10.9. The Morgan fingerprint density at radius 1 is 1.15 bits per heavy atom. The number of thiazole rings is 1. The highest BCUT2D eigenvalue weighted by molar-refractivity contribution is 14.0. The summed E-state index contributed by atoms with van der Waals surface area (Å²) in [5.41, 5.74) is 2.27. The summed E-state index contributed by atoms with van der Waals surface area (Å²) in [5.74, 6) is 2.30. The molecule has 0 aliphatic heterocycles. The van der Waals surface area contributed by atoms with Gasteiger partial charge in [-0.25, -0.2) is 9.98 Å². The fraction of sp³-hybridized carbons (Fsp3) is 0.474. The molecule has 1 aromatic heterocycles. The second kappa shape index (κ2) is 12.0. The van der Waals surface area contributed by atoms with Gasteiger partial charge in [-0.2, -0.15) is 0 Å². The molecular weight excluding hydrogens is 475 g/mol. The van der Waals surface area contributed by atoms with Gasteiger partial charge in [-0.05, 0) is 44.9 Å². The minimum Gasteiger partial charge on any atom is -0.493 e. The van der Waals surface area contributed by atoms with Crippen LogP contribution >= 0.6 is 35.3 Å². The van der Waals surface area contributed by atoms with Crippen molar-refractivity contribution < 1.29 is 9.47 Å². The van der Waals surface area contributed by atoms with Gasteiger partial charge < -0.3 is 20.1 Å². The van der Waals surface area contributed by atoms with Gasteiger partial charge in [0.05, 0.1) is 26.5 Å². The summed E-state index contributed by atoms with van der Waals surface area (Å²) >= 11 is 1.70. The highest BCUT2D eigenvalue weighted by atomic mass is 127. The van der Waals surface area contributed by atoms with Gasteiger partial charge in [-0.15, -0.1) is 35.3 Å². The largest absolute Gasteiger partial charge is 0.493 e. The van der Waals surface area contributed by atoms with Crippen LogP contribution in [0.15, 0.2) is 23.2 Å². The molecule has 0 radical (unpaired) electrons. The number of nitrogens with zero attached hydrogens (tertiary/aromatic N) is 2. The van der Waals surface area contributed by atoms with Crippen molar-refractivity contribution in [2.45, 2.75) is 33.7 Å². The summed E-state index contributed by atoms with van der Waals surface area (Å²) in [6.45, 7) is 8.36. The lowest BCUT2D eigenvalue weighted by Crippen LogP contribution is -2.38. The minimum absolute atomic E-state index is 0. The number of aryl methyl sites for hydroxylation is 2. The van der Waals surface area contributed by atoms with Crippen LogP contribution in [0.4, 0.5) is 0 Å². The molecule has 1 aromatic carbocycles. The van der Waals surface area contributed by atoms with Crippen molar-refractivity contribution in [2.75, 3.05) is 27.3 Å². The molecule has 2 N–H and O–H groups in total. The van der Waals surface area contributed by atoms with Crippen LogP contribution in [0.1, 0.15) is 28.1 Å². The Labute approximate surface area is 182 Å². The van der Waals surface area contributed by atoms with E-state index in [1.54, 1.807) is 25.6 Å². The molecule has 1 heterocycles. The Bertz CT molecular complexity index is 730. The molecule has 2 rings (SSSR count). The zero-order valence-electron chi connectivity index (χ0n) is 16.6. The van der Waals surface area contributed by atoms with Gasteiger partial charge in [-0.3, -0.25) is 0 Å². The molecule has 6 nitrogen and oxygen atoms in total. The van der Waals surface area contributed by atoms with Gasteiger partial charge >= 0.3 is 0 Å². The average Bonchev–Trinajstić information content (AvgIpc) is 2.97. The van der Waals surface area contributed by atoms with E-state index in [-0.39, 0.29) is 24.0 Å². The van der Waals surface area contributed by atoms with Crippen LogP contribution in [0.25, 0.3) is 0 Å². The van der Waals surface area contributed by atoms with Crippen LogP contribution in [0.2, 0.25) is 0 Å². The highest BCUT2D eigenvalue weighted by Crippen LogP contribution is 2.27. The number of halogens is 1. The monoisotopic (exact) mass is 504 g/mol. The zero-order chi connectivity index (χ0) is 18.9. The zero-order valence-corrected chi connectivity index (χ0v) is 19.7. The third-order valence-corrected chi connectivity index (χ3v) is 5.00. The molecule has 27 heavy (non-hydrogen) atoms. The fourth-order valence-electron chi connectivity index (χ4n) is 2.46. The number of rotatable bonds is 8. The Kier molecular flexibility index (Phi) is 10.5. The first-order valence-electron chi connectivity index (χ1n) is 8.73. The lowest BCUT2D eigenvalue weighted by molar-refractivity contribution is 0.354. The number of methoxy groups -OCH3 is 2. The first kappa shape index (κ1) is 23.5. The maximum atomic E-state index is 5.35. The van der Waals surface area contributed by atoms with Crippen LogP contribution in [-0.4, -0.2) is 38.3 Å². The molecule has 0 amide bonds. The number of nitrogens with one attached hydrogen (secondary N) is 2. The van der Waals surface area contributed by atoms with Crippen molar-refractivity contribution in [3.63, 3.8) is 0 Å². The second-order valence-electron chi connectivity index (χ2n) is 5.81. The molecule has 150 valence electrons. The van der Waals surface area contributed by atoms with E-state index >= 15 is 0 Å². The van der Waals surface area contributed by atoms with Gasteiger partial charge in [0.2, 0.25) is 0 Å². The molecule has 0 saturated carbocycles. The Hall–Kier alpha value is -1.55. The van der Waals surface area contributed by atoms with E-state index in [0.717, 1.165) is 47.7 Å². The summed E-state index contributed by atoms with van der Waals surface area (Å²) < 4.78 is 10.6. The third kappa shape index (κ3) is 7.17. The number of aliphatic imine (C=N–C) groups is 1. The molecule has 0 aliphatic rings. The maximum Gasteiger partial charge on any atom is 0.191 e. The lowest BCUT2D eigenvalue weighted by Gasteiger charge is -2.12. The molecule has 0 atom stereocenters. The first-order valence-corrected chi connectivity index (χ1v) is 9.55. The van der Waals surface area contributed by atoms with E-state index in [1.807, 2.05) is 25.1 Å². The standard InChI is InChI=1S/C19H28N4O2S.HI/c1-6-20-19(22-12-18-23-13(2)14(3)26-18)21-10-9-15-7-8-16(24-4)17(11-15)25-5;/h7-8,11H,6,9-10,12H2,1-5H3,(H2,20,21,22);1H. The van der Waals surface area contributed by atoms with Gasteiger partial charge in [0.15, 0.2) is 17.5 Å². The molecular formula is C19H29IN4O2S.